The molecule has 0 aliphatic carbocycles. The maximum absolute atomic E-state index is 13.6. The van der Waals surface area contributed by atoms with E-state index in [4.69, 9.17) is 18.9 Å². The Labute approximate surface area is 233 Å². The van der Waals surface area contributed by atoms with Gasteiger partial charge < -0.3 is 28.5 Å². The predicted octanol–water partition coefficient (Wildman–Crippen LogP) is 5.09. The van der Waals surface area contributed by atoms with Gasteiger partial charge in [-0.05, 0) is 60.7 Å². The molecule has 0 saturated heterocycles. The fourth-order valence-electron chi connectivity index (χ4n) is 5.74. The van der Waals surface area contributed by atoms with Gasteiger partial charge in [-0.1, -0.05) is 0 Å². The molecule has 0 bridgehead atoms. The Kier molecular flexibility index (Phi) is 5.50. The predicted molar refractivity (Wildman–Crippen MR) is 152 cm³/mol. The van der Waals surface area contributed by atoms with Gasteiger partial charge in [0, 0.05) is 57.7 Å². The highest BCUT2D eigenvalue weighted by Gasteiger charge is 2.39. The van der Waals surface area contributed by atoms with Crippen LogP contribution in [0, 0.1) is 0 Å². The third-order valence-electron chi connectivity index (χ3n) is 7.75. The van der Waals surface area contributed by atoms with Gasteiger partial charge in [0.15, 0.2) is 5.76 Å². The number of aryl methyl sites for hydroxylation is 1. The van der Waals surface area contributed by atoms with E-state index >= 15 is 0 Å². The van der Waals surface area contributed by atoms with Crippen molar-refractivity contribution in [3.05, 3.63) is 99.2 Å². The van der Waals surface area contributed by atoms with Gasteiger partial charge >= 0.3 is 5.97 Å². The number of nitrogens with zero attached hydrogens (tertiary/aromatic N) is 1. The minimum Gasteiger partial charge on any atom is -0.497 e. The summed E-state index contributed by atoms with van der Waals surface area (Å²) in [6.07, 6.45) is 3.54. The number of Topliss-reactive ketones (excluding diaryl/α,β-unsaturated/α-hetero) is 1. The van der Waals surface area contributed by atoms with E-state index in [1.165, 1.54) is 0 Å². The molecule has 204 valence electrons. The molecule has 9 heteroatoms. The van der Waals surface area contributed by atoms with Crippen molar-refractivity contribution >= 4 is 39.6 Å². The Morgan fingerprint density at radius 3 is 2.54 bits per heavy atom. The largest absolute Gasteiger partial charge is 0.497 e. The van der Waals surface area contributed by atoms with Gasteiger partial charge in [0.05, 0.1) is 26.2 Å². The Hall–Kier alpha value is -5.31. The maximum Gasteiger partial charge on any atom is 0.312 e. The SMILES string of the molecule is COc1ccc2[nH]c(=O)c([C@H]3CC(=O)Oc4ccc5c(c43)O/C(=C\c3cn(C)c4ccc(OC)cc34)C5=O)cc2c1. The molecule has 1 N–H and O–H groups in total. The lowest BCUT2D eigenvalue weighted by atomic mass is 9.85. The first-order chi connectivity index (χ1) is 19.8. The van der Waals surface area contributed by atoms with Crippen LogP contribution in [0.5, 0.6) is 23.0 Å². The van der Waals surface area contributed by atoms with Gasteiger partial charge in [-0.2, -0.15) is 0 Å². The summed E-state index contributed by atoms with van der Waals surface area (Å²) in [7, 11) is 5.10. The second-order valence-corrected chi connectivity index (χ2v) is 10.1. The first kappa shape index (κ1) is 24.7. The molecule has 2 aromatic heterocycles. The number of aromatic nitrogens is 2. The van der Waals surface area contributed by atoms with Crippen LogP contribution in [-0.4, -0.2) is 35.5 Å². The lowest BCUT2D eigenvalue weighted by Gasteiger charge is -2.26. The van der Waals surface area contributed by atoms with Crippen molar-refractivity contribution in [2.24, 2.45) is 7.05 Å². The molecule has 0 radical (unpaired) electrons. The number of allylic oxidation sites excluding steroid dienone is 1. The number of aromatic amines is 1. The first-order valence-electron chi connectivity index (χ1n) is 13.0. The molecule has 9 nitrogen and oxygen atoms in total. The van der Waals surface area contributed by atoms with Crippen LogP contribution in [0.25, 0.3) is 27.9 Å². The third-order valence-corrected chi connectivity index (χ3v) is 7.75. The van der Waals surface area contributed by atoms with E-state index in [1.54, 1.807) is 50.6 Å². The van der Waals surface area contributed by atoms with Gasteiger partial charge in [-0.15, -0.1) is 0 Å². The highest BCUT2D eigenvalue weighted by Crippen LogP contribution is 2.48. The zero-order valence-corrected chi connectivity index (χ0v) is 22.4. The zero-order valence-electron chi connectivity index (χ0n) is 22.4. The maximum atomic E-state index is 13.6. The number of pyridine rings is 1. The van der Waals surface area contributed by atoms with E-state index in [2.05, 4.69) is 4.98 Å². The molecule has 2 aliphatic rings. The summed E-state index contributed by atoms with van der Waals surface area (Å²) >= 11 is 0. The van der Waals surface area contributed by atoms with Crippen LogP contribution in [0.15, 0.2) is 71.3 Å². The monoisotopic (exact) mass is 548 g/mol. The summed E-state index contributed by atoms with van der Waals surface area (Å²) in [5.41, 5.74) is 3.26. The minimum absolute atomic E-state index is 0.0816. The van der Waals surface area contributed by atoms with Crippen LogP contribution >= 0.6 is 0 Å². The third kappa shape index (κ3) is 3.88. The smallest absolute Gasteiger partial charge is 0.312 e. The second-order valence-electron chi connectivity index (χ2n) is 10.1. The molecular weight excluding hydrogens is 524 g/mol. The molecule has 0 spiro atoms. The van der Waals surface area contributed by atoms with Gasteiger partial charge in [-0.25, -0.2) is 0 Å². The van der Waals surface area contributed by atoms with E-state index < -0.39 is 11.9 Å². The molecular formula is C32H24N2O7. The Morgan fingerprint density at radius 1 is 0.951 bits per heavy atom. The number of nitrogens with one attached hydrogen (secondary N) is 1. The summed E-state index contributed by atoms with van der Waals surface area (Å²) in [6.45, 7) is 0. The number of H-pyrrole nitrogens is 1. The van der Waals surface area contributed by atoms with Crippen molar-refractivity contribution in [2.45, 2.75) is 12.3 Å². The normalized spacial score (nSPS) is 17.0. The highest BCUT2D eigenvalue weighted by molar-refractivity contribution is 6.16. The Balaban J connectivity index is 1.36. The summed E-state index contributed by atoms with van der Waals surface area (Å²) in [5, 5.41) is 1.65. The Morgan fingerprint density at radius 2 is 1.73 bits per heavy atom. The van der Waals surface area contributed by atoms with Crippen molar-refractivity contribution in [3.63, 3.8) is 0 Å². The molecule has 0 unspecified atom stereocenters. The molecule has 1 atom stereocenters. The van der Waals surface area contributed by atoms with Gasteiger partial charge in [-0.3, -0.25) is 14.4 Å². The minimum atomic E-state index is -0.686. The number of ether oxygens (including phenoxy) is 4. The average molecular weight is 549 g/mol. The van der Waals surface area contributed by atoms with Crippen LogP contribution in [0.3, 0.4) is 0 Å². The molecule has 0 saturated carbocycles. The van der Waals surface area contributed by atoms with Crippen molar-refractivity contribution in [1.29, 1.82) is 0 Å². The van der Waals surface area contributed by atoms with E-state index in [-0.39, 0.29) is 29.3 Å². The number of esters is 1. The van der Waals surface area contributed by atoms with E-state index in [0.717, 1.165) is 21.9 Å². The standard InChI is InChI=1S/C32H24N2O7/c1-34-15-17(21-13-19(39-3)5-8-25(21)34)12-27-30(36)20-6-9-26-29(31(20)41-27)22(14-28(35)40-26)23-11-16-10-18(38-2)4-7-24(16)33-32(23)37/h4-13,15,22H,14H2,1-3H3,(H,33,37)/b27-12-/t22-/m1/s1. The van der Waals surface area contributed by atoms with E-state index in [1.807, 2.05) is 42.1 Å². The highest BCUT2D eigenvalue weighted by atomic mass is 16.5. The zero-order chi connectivity index (χ0) is 28.4. The number of hydrogen-bond donors (Lipinski definition) is 1. The van der Waals surface area contributed by atoms with Crippen LogP contribution in [0.2, 0.25) is 0 Å². The fourth-order valence-corrected chi connectivity index (χ4v) is 5.74. The quantitative estimate of drug-likeness (QED) is 0.189. The van der Waals surface area contributed by atoms with Crippen LogP contribution in [0.1, 0.15) is 39.4 Å². The molecule has 5 aromatic rings. The lowest BCUT2D eigenvalue weighted by molar-refractivity contribution is -0.135. The number of carbonyl (C=O) groups is 2. The van der Waals surface area contributed by atoms with Crippen molar-refractivity contribution in [3.8, 4) is 23.0 Å². The molecule has 2 aliphatic heterocycles. The van der Waals surface area contributed by atoms with Gasteiger partial charge in [0.25, 0.3) is 5.56 Å². The van der Waals surface area contributed by atoms with Gasteiger partial charge in [0.2, 0.25) is 5.78 Å². The first-order valence-corrected chi connectivity index (χ1v) is 13.0. The number of rotatable bonds is 4. The van der Waals surface area contributed by atoms with Crippen molar-refractivity contribution in [1.82, 2.24) is 9.55 Å². The number of benzene rings is 3. The van der Waals surface area contributed by atoms with E-state index in [0.29, 0.717) is 39.5 Å². The van der Waals surface area contributed by atoms with E-state index in [9.17, 15) is 14.4 Å². The molecule has 41 heavy (non-hydrogen) atoms. The molecule has 3 aromatic carbocycles. The summed E-state index contributed by atoms with van der Waals surface area (Å²) in [6, 6.07) is 16.0. The topological polar surface area (TPSA) is 109 Å². The summed E-state index contributed by atoms with van der Waals surface area (Å²) in [4.78, 5) is 42.4. The number of hydrogen-bond acceptors (Lipinski definition) is 7. The van der Waals surface area contributed by atoms with Crippen molar-refractivity contribution in [2.75, 3.05) is 14.2 Å². The fraction of sp³-hybridized carbons (Fsp3) is 0.156. The second kappa shape index (κ2) is 9.12. The molecule has 7 rings (SSSR count). The number of methoxy groups -OCH3 is 2. The van der Waals surface area contributed by atoms with Crippen LogP contribution in [-0.2, 0) is 11.8 Å². The van der Waals surface area contributed by atoms with Gasteiger partial charge in [0.1, 0.15) is 23.0 Å². The molecule has 4 heterocycles. The number of carbonyl (C=O) groups excluding carboxylic acids is 2. The molecule has 0 fully saturated rings. The number of ketones is 1. The summed E-state index contributed by atoms with van der Waals surface area (Å²) in [5.74, 6) is 0.564. The van der Waals surface area contributed by atoms with Crippen LogP contribution in [0.4, 0.5) is 0 Å². The average Bonchev–Trinajstić information content (AvgIpc) is 3.46. The molecule has 0 amide bonds. The summed E-state index contributed by atoms with van der Waals surface area (Å²) < 4.78 is 24.5. The lowest BCUT2D eigenvalue weighted by Crippen LogP contribution is -2.26. The van der Waals surface area contributed by atoms with Crippen molar-refractivity contribution < 1.29 is 28.5 Å². The Bertz CT molecular complexity index is 2030. The number of fused-ring (bicyclic) bond motifs is 5. The van der Waals surface area contributed by atoms with Crippen LogP contribution < -0.4 is 24.5 Å².